The molecule has 0 unspecified atom stereocenters. The number of nitrogens with zero attached hydrogens (tertiary/aromatic N) is 1. The average molecular weight is 242 g/mol. The number of carbonyl (C=O) groups is 2. The topological polar surface area (TPSA) is 58.6 Å². The van der Waals surface area contributed by atoms with Gasteiger partial charge in [0, 0.05) is 19.6 Å². The highest BCUT2D eigenvalue weighted by atomic mass is 16.6. The summed E-state index contributed by atoms with van der Waals surface area (Å²) in [5.74, 6) is -0.143. The van der Waals surface area contributed by atoms with Crippen molar-refractivity contribution in [2.75, 3.05) is 13.6 Å². The molecule has 0 aromatic rings. The van der Waals surface area contributed by atoms with Crippen molar-refractivity contribution in [2.45, 2.75) is 45.8 Å². The van der Waals surface area contributed by atoms with Crippen molar-refractivity contribution in [3.05, 3.63) is 0 Å². The summed E-state index contributed by atoms with van der Waals surface area (Å²) in [6, 6.07) is -0.107. The van der Waals surface area contributed by atoms with Crippen LogP contribution in [0.2, 0.25) is 0 Å². The van der Waals surface area contributed by atoms with E-state index in [-0.39, 0.29) is 24.0 Å². The quantitative estimate of drug-likeness (QED) is 0.755. The summed E-state index contributed by atoms with van der Waals surface area (Å²) in [6.07, 6.45) is 0.358. The van der Waals surface area contributed by atoms with Crippen molar-refractivity contribution in [3.63, 3.8) is 0 Å². The van der Waals surface area contributed by atoms with Crippen molar-refractivity contribution in [3.8, 4) is 0 Å². The number of nitrogens with one attached hydrogen (secondary N) is 1. The smallest absolute Gasteiger partial charge is 0.410 e. The molecule has 1 aliphatic rings. The van der Waals surface area contributed by atoms with Gasteiger partial charge in [-0.3, -0.25) is 4.79 Å². The first-order valence-corrected chi connectivity index (χ1v) is 5.97. The molecule has 1 rings (SSSR count). The van der Waals surface area contributed by atoms with E-state index in [0.717, 1.165) is 0 Å². The molecule has 5 nitrogen and oxygen atoms in total. The molecule has 0 saturated carbocycles. The van der Waals surface area contributed by atoms with Gasteiger partial charge in [-0.1, -0.05) is 0 Å². The van der Waals surface area contributed by atoms with Crippen LogP contribution in [0, 0.1) is 5.92 Å². The van der Waals surface area contributed by atoms with E-state index in [1.54, 1.807) is 11.9 Å². The SMILES string of the molecule is CNC(=O)[C@H]1CCN(C(=O)OC(C)(C)C)[C@H]1C. The summed E-state index contributed by atoms with van der Waals surface area (Å²) in [5.41, 5.74) is -0.498. The Morgan fingerprint density at radius 3 is 2.41 bits per heavy atom. The van der Waals surface area contributed by atoms with Crippen LogP contribution >= 0.6 is 0 Å². The van der Waals surface area contributed by atoms with E-state index in [9.17, 15) is 9.59 Å². The molecular weight excluding hydrogens is 220 g/mol. The maximum atomic E-state index is 11.9. The van der Waals surface area contributed by atoms with E-state index in [1.807, 2.05) is 27.7 Å². The number of hydrogen-bond donors (Lipinski definition) is 1. The standard InChI is InChI=1S/C12H22N2O3/c1-8-9(10(15)13-5)6-7-14(8)11(16)17-12(2,3)4/h8-9H,6-7H2,1-5H3,(H,13,15)/t8-,9-/m0/s1. The first-order valence-electron chi connectivity index (χ1n) is 5.97. The van der Waals surface area contributed by atoms with Crippen LogP contribution in [0.1, 0.15) is 34.1 Å². The molecule has 2 atom stereocenters. The maximum absolute atomic E-state index is 11.9. The first-order chi connectivity index (χ1) is 7.76. The predicted octanol–water partition coefficient (Wildman–Crippen LogP) is 1.38. The van der Waals surface area contributed by atoms with E-state index < -0.39 is 5.60 Å². The highest BCUT2D eigenvalue weighted by Crippen LogP contribution is 2.26. The second kappa shape index (κ2) is 4.94. The highest BCUT2D eigenvalue weighted by molar-refractivity contribution is 5.81. The molecule has 98 valence electrons. The molecule has 0 spiro atoms. The summed E-state index contributed by atoms with van der Waals surface area (Å²) in [5, 5.41) is 2.63. The van der Waals surface area contributed by atoms with Gasteiger partial charge in [0.25, 0.3) is 0 Å². The van der Waals surface area contributed by atoms with E-state index in [1.165, 1.54) is 0 Å². The van der Waals surface area contributed by atoms with Gasteiger partial charge in [0.1, 0.15) is 5.60 Å². The zero-order valence-electron chi connectivity index (χ0n) is 11.2. The zero-order chi connectivity index (χ0) is 13.2. The minimum absolute atomic E-state index is 0.0106. The fourth-order valence-electron chi connectivity index (χ4n) is 2.05. The van der Waals surface area contributed by atoms with Crippen molar-refractivity contribution in [1.82, 2.24) is 10.2 Å². The van der Waals surface area contributed by atoms with E-state index >= 15 is 0 Å². The molecule has 1 heterocycles. The van der Waals surface area contributed by atoms with E-state index in [2.05, 4.69) is 5.32 Å². The van der Waals surface area contributed by atoms with Gasteiger partial charge in [0.05, 0.1) is 5.92 Å². The van der Waals surface area contributed by atoms with Crippen molar-refractivity contribution in [1.29, 1.82) is 0 Å². The molecule has 0 bridgehead atoms. The van der Waals surface area contributed by atoms with Crippen LogP contribution in [0.5, 0.6) is 0 Å². The molecule has 0 aromatic carbocycles. The summed E-state index contributed by atoms with van der Waals surface area (Å²) in [4.78, 5) is 25.1. The normalized spacial score (nSPS) is 24.6. The number of likely N-dealkylation sites (tertiary alicyclic amines) is 1. The Morgan fingerprint density at radius 2 is 1.94 bits per heavy atom. The third-order valence-corrected chi connectivity index (χ3v) is 2.97. The van der Waals surface area contributed by atoms with Crippen molar-refractivity contribution >= 4 is 12.0 Å². The number of carbonyl (C=O) groups excluding carboxylic acids is 2. The van der Waals surface area contributed by atoms with Crippen LogP contribution in [0.4, 0.5) is 4.79 Å². The third kappa shape index (κ3) is 3.35. The fourth-order valence-corrected chi connectivity index (χ4v) is 2.05. The van der Waals surface area contributed by atoms with Crippen LogP contribution < -0.4 is 5.32 Å². The molecule has 2 amide bonds. The van der Waals surface area contributed by atoms with E-state index in [0.29, 0.717) is 13.0 Å². The monoisotopic (exact) mass is 242 g/mol. The molecule has 1 fully saturated rings. The lowest BCUT2D eigenvalue weighted by atomic mass is 10.0. The van der Waals surface area contributed by atoms with Gasteiger partial charge >= 0.3 is 6.09 Å². The number of ether oxygens (including phenoxy) is 1. The summed E-state index contributed by atoms with van der Waals surface area (Å²) < 4.78 is 5.31. The predicted molar refractivity (Wildman–Crippen MR) is 64.6 cm³/mol. The largest absolute Gasteiger partial charge is 0.444 e. The Labute approximate surface area is 102 Å². The molecule has 1 saturated heterocycles. The molecule has 0 aliphatic carbocycles. The number of amides is 2. The fraction of sp³-hybridized carbons (Fsp3) is 0.833. The third-order valence-electron chi connectivity index (χ3n) is 2.97. The minimum Gasteiger partial charge on any atom is -0.444 e. The minimum atomic E-state index is -0.498. The van der Waals surface area contributed by atoms with Crippen LogP contribution in [0.15, 0.2) is 0 Å². The second-order valence-corrected chi connectivity index (χ2v) is 5.42. The molecular formula is C12H22N2O3. The molecule has 5 heteroatoms. The van der Waals surface area contributed by atoms with E-state index in [4.69, 9.17) is 4.74 Å². The lowest BCUT2D eigenvalue weighted by Gasteiger charge is -2.28. The van der Waals surface area contributed by atoms with Gasteiger partial charge in [0.15, 0.2) is 0 Å². The van der Waals surface area contributed by atoms with Crippen LogP contribution in [0.3, 0.4) is 0 Å². The lowest BCUT2D eigenvalue weighted by Crippen LogP contribution is -2.42. The second-order valence-electron chi connectivity index (χ2n) is 5.42. The van der Waals surface area contributed by atoms with Gasteiger partial charge in [-0.2, -0.15) is 0 Å². The summed E-state index contributed by atoms with van der Waals surface area (Å²) >= 11 is 0. The van der Waals surface area contributed by atoms with Gasteiger partial charge in [-0.25, -0.2) is 4.79 Å². The van der Waals surface area contributed by atoms with Gasteiger partial charge < -0.3 is 15.0 Å². The van der Waals surface area contributed by atoms with Crippen molar-refractivity contribution in [2.24, 2.45) is 5.92 Å². The Hall–Kier alpha value is -1.26. The van der Waals surface area contributed by atoms with Crippen LogP contribution in [-0.2, 0) is 9.53 Å². The summed E-state index contributed by atoms with van der Waals surface area (Å²) in [7, 11) is 1.62. The zero-order valence-corrected chi connectivity index (χ0v) is 11.2. The Bertz CT molecular complexity index is 309. The molecule has 0 aromatic heterocycles. The molecule has 1 aliphatic heterocycles. The van der Waals surface area contributed by atoms with Crippen molar-refractivity contribution < 1.29 is 14.3 Å². The Morgan fingerprint density at radius 1 is 1.35 bits per heavy atom. The van der Waals surface area contributed by atoms with Gasteiger partial charge in [-0.05, 0) is 34.1 Å². The van der Waals surface area contributed by atoms with Gasteiger partial charge in [-0.15, -0.1) is 0 Å². The Balaban J connectivity index is 2.64. The highest BCUT2D eigenvalue weighted by Gasteiger charge is 2.39. The Kier molecular flexibility index (Phi) is 4.01. The molecule has 17 heavy (non-hydrogen) atoms. The maximum Gasteiger partial charge on any atom is 0.410 e. The first kappa shape index (κ1) is 13.8. The van der Waals surface area contributed by atoms with Crippen LogP contribution in [-0.4, -0.2) is 42.1 Å². The van der Waals surface area contributed by atoms with Gasteiger partial charge in [0.2, 0.25) is 5.91 Å². The van der Waals surface area contributed by atoms with Crippen LogP contribution in [0.25, 0.3) is 0 Å². The average Bonchev–Trinajstić information content (AvgIpc) is 2.56. The number of hydrogen-bond acceptors (Lipinski definition) is 3. The summed E-state index contributed by atoms with van der Waals surface area (Å²) in [6.45, 7) is 7.97. The molecule has 0 radical (unpaired) electrons. The molecule has 1 N–H and O–H groups in total. The number of rotatable bonds is 1. The lowest BCUT2D eigenvalue weighted by molar-refractivity contribution is -0.124.